The Hall–Kier alpha value is -2.89. The fourth-order valence-corrected chi connectivity index (χ4v) is 6.09. The summed E-state index contributed by atoms with van der Waals surface area (Å²) in [5.41, 5.74) is 3.42. The monoisotopic (exact) mass is 368 g/mol. The predicted octanol–water partition coefficient (Wildman–Crippen LogP) is 5.87. The molecule has 0 amide bonds. The second-order valence-corrected chi connectivity index (χ2v) is 9.46. The Labute approximate surface area is 160 Å². The highest BCUT2D eigenvalue weighted by Crippen LogP contribution is 2.47. The van der Waals surface area contributed by atoms with E-state index < -0.39 is 7.14 Å². The molecule has 0 unspecified atom stereocenters. The van der Waals surface area contributed by atoms with Gasteiger partial charge < -0.3 is 4.57 Å². The Morgan fingerprint density at radius 1 is 0.519 bits per heavy atom. The minimum Gasteiger partial charge on any atom is -0.313 e. The second-order valence-electron chi connectivity index (χ2n) is 6.64. The number of rotatable bonds is 5. The van der Waals surface area contributed by atoms with E-state index >= 15 is 0 Å². The van der Waals surface area contributed by atoms with Crippen LogP contribution in [0.3, 0.4) is 0 Å². The first-order chi connectivity index (χ1) is 13.3. The average molecular weight is 368 g/mol. The zero-order valence-electron chi connectivity index (χ0n) is 15.0. The van der Waals surface area contributed by atoms with Crippen molar-refractivity contribution < 1.29 is 4.57 Å². The summed E-state index contributed by atoms with van der Waals surface area (Å²) < 4.78 is 14.2. The molecule has 0 aliphatic carbocycles. The van der Waals surface area contributed by atoms with Crippen LogP contribution in [-0.4, -0.2) is 0 Å². The fraction of sp³-hybridized carbons (Fsp3) is 0.0400. The highest BCUT2D eigenvalue weighted by atomic mass is 31.2. The number of benzene rings is 4. The minimum absolute atomic E-state index is 0.516. The van der Waals surface area contributed by atoms with Crippen LogP contribution in [0.1, 0.15) is 5.56 Å². The standard InChI is InChI=1S/C25H21OP/c26-27(24-15-6-2-7-16-24,25-17-8-3-9-18-25)20-21-11-10-14-23(19-21)22-12-4-1-5-13-22/h1-19H,20H2. The predicted molar refractivity (Wildman–Crippen MR) is 115 cm³/mol. The molecule has 132 valence electrons. The summed E-state index contributed by atoms with van der Waals surface area (Å²) in [4.78, 5) is 0. The van der Waals surface area contributed by atoms with Crippen molar-refractivity contribution in [2.24, 2.45) is 0 Å². The normalized spacial score (nSPS) is 11.3. The van der Waals surface area contributed by atoms with Gasteiger partial charge in [-0.2, -0.15) is 0 Å². The van der Waals surface area contributed by atoms with E-state index in [4.69, 9.17) is 0 Å². The molecular formula is C25H21OP. The van der Waals surface area contributed by atoms with Crippen molar-refractivity contribution in [2.45, 2.75) is 6.16 Å². The number of hydrogen-bond donors (Lipinski definition) is 0. The molecule has 4 aromatic carbocycles. The first-order valence-electron chi connectivity index (χ1n) is 9.10. The van der Waals surface area contributed by atoms with Crippen LogP contribution < -0.4 is 10.6 Å². The molecule has 0 N–H and O–H groups in total. The van der Waals surface area contributed by atoms with Crippen molar-refractivity contribution in [3.8, 4) is 11.1 Å². The van der Waals surface area contributed by atoms with Gasteiger partial charge in [0.15, 0.2) is 0 Å². The largest absolute Gasteiger partial charge is 0.313 e. The van der Waals surface area contributed by atoms with E-state index in [2.05, 4.69) is 36.4 Å². The summed E-state index contributed by atoms with van der Waals surface area (Å²) in [5, 5.41) is 1.81. The van der Waals surface area contributed by atoms with Gasteiger partial charge in [0.1, 0.15) is 7.14 Å². The van der Waals surface area contributed by atoms with Crippen LogP contribution in [0.15, 0.2) is 115 Å². The van der Waals surface area contributed by atoms with Gasteiger partial charge in [0.25, 0.3) is 0 Å². The van der Waals surface area contributed by atoms with E-state index in [-0.39, 0.29) is 0 Å². The molecule has 0 aromatic heterocycles. The average Bonchev–Trinajstić information content (AvgIpc) is 2.76. The lowest BCUT2D eigenvalue weighted by Gasteiger charge is -2.20. The molecule has 0 heterocycles. The third-order valence-electron chi connectivity index (χ3n) is 4.79. The molecule has 0 saturated heterocycles. The van der Waals surface area contributed by atoms with Crippen molar-refractivity contribution in [2.75, 3.05) is 0 Å². The summed E-state index contributed by atoms with van der Waals surface area (Å²) in [7, 11) is -2.76. The highest BCUT2D eigenvalue weighted by molar-refractivity contribution is 7.78. The van der Waals surface area contributed by atoms with E-state index in [9.17, 15) is 4.57 Å². The molecule has 0 atom stereocenters. The summed E-state index contributed by atoms with van der Waals surface area (Å²) in [6.45, 7) is 0. The third kappa shape index (κ3) is 3.79. The van der Waals surface area contributed by atoms with Crippen LogP contribution >= 0.6 is 7.14 Å². The van der Waals surface area contributed by atoms with Crippen LogP contribution in [-0.2, 0) is 10.7 Å². The van der Waals surface area contributed by atoms with Crippen molar-refractivity contribution in [1.82, 2.24) is 0 Å². The maximum absolute atomic E-state index is 14.2. The molecule has 0 saturated carbocycles. The molecule has 0 fully saturated rings. The molecule has 0 spiro atoms. The van der Waals surface area contributed by atoms with Gasteiger partial charge in [-0.25, -0.2) is 0 Å². The van der Waals surface area contributed by atoms with Gasteiger partial charge in [0.2, 0.25) is 0 Å². The molecule has 0 radical (unpaired) electrons. The van der Waals surface area contributed by atoms with E-state index in [1.807, 2.05) is 78.9 Å². The Bertz CT molecular complexity index is 1010. The zero-order valence-corrected chi connectivity index (χ0v) is 15.9. The van der Waals surface area contributed by atoms with Crippen LogP contribution in [0, 0.1) is 0 Å². The van der Waals surface area contributed by atoms with Gasteiger partial charge in [0, 0.05) is 16.8 Å². The lowest BCUT2D eigenvalue weighted by molar-refractivity contribution is 0.586. The quantitative estimate of drug-likeness (QED) is 0.403. The van der Waals surface area contributed by atoms with Gasteiger partial charge in [-0.15, -0.1) is 0 Å². The smallest absolute Gasteiger partial charge is 0.147 e. The Morgan fingerprint density at radius 3 is 1.56 bits per heavy atom. The van der Waals surface area contributed by atoms with Gasteiger partial charge >= 0.3 is 0 Å². The van der Waals surface area contributed by atoms with Gasteiger partial charge in [-0.05, 0) is 16.7 Å². The van der Waals surface area contributed by atoms with Crippen LogP contribution in [0.5, 0.6) is 0 Å². The van der Waals surface area contributed by atoms with Crippen molar-refractivity contribution in [1.29, 1.82) is 0 Å². The van der Waals surface area contributed by atoms with E-state index in [0.29, 0.717) is 6.16 Å². The topological polar surface area (TPSA) is 17.1 Å². The number of hydrogen-bond acceptors (Lipinski definition) is 1. The first-order valence-corrected chi connectivity index (χ1v) is 11.0. The highest BCUT2D eigenvalue weighted by Gasteiger charge is 2.27. The summed E-state index contributed by atoms with van der Waals surface area (Å²) in [6.07, 6.45) is 0.516. The Morgan fingerprint density at radius 2 is 1.00 bits per heavy atom. The molecule has 0 aliphatic rings. The molecule has 1 nitrogen and oxygen atoms in total. The lowest BCUT2D eigenvalue weighted by Crippen LogP contribution is -2.17. The lowest BCUT2D eigenvalue weighted by atomic mass is 10.0. The summed E-state index contributed by atoms with van der Waals surface area (Å²) in [5.74, 6) is 0. The Kier molecular flexibility index (Phi) is 5.05. The van der Waals surface area contributed by atoms with Crippen molar-refractivity contribution in [3.63, 3.8) is 0 Å². The second kappa shape index (κ2) is 7.78. The van der Waals surface area contributed by atoms with Gasteiger partial charge in [-0.3, -0.25) is 0 Å². The minimum atomic E-state index is -2.76. The molecular weight excluding hydrogens is 347 g/mol. The van der Waals surface area contributed by atoms with E-state index in [1.54, 1.807) is 0 Å². The van der Waals surface area contributed by atoms with Crippen molar-refractivity contribution >= 4 is 17.8 Å². The zero-order chi connectivity index (χ0) is 18.5. The molecule has 27 heavy (non-hydrogen) atoms. The van der Waals surface area contributed by atoms with Gasteiger partial charge in [-0.1, -0.05) is 115 Å². The van der Waals surface area contributed by atoms with Crippen LogP contribution in [0.25, 0.3) is 11.1 Å². The van der Waals surface area contributed by atoms with Crippen LogP contribution in [0.2, 0.25) is 0 Å². The van der Waals surface area contributed by atoms with E-state index in [1.165, 1.54) is 5.56 Å². The van der Waals surface area contributed by atoms with E-state index in [0.717, 1.165) is 21.7 Å². The Balaban J connectivity index is 1.77. The first kappa shape index (κ1) is 17.5. The third-order valence-corrected chi connectivity index (χ3v) is 7.86. The fourth-order valence-electron chi connectivity index (χ4n) is 3.41. The molecule has 0 bridgehead atoms. The molecule has 4 aromatic rings. The molecule has 4 rings (SSSR count). The maximum Gasteiger partial charge on any atom is 0.147 e. The summed E-state index contributed by atoms with van der Waals surface area (Å²) >= 11 is 0. The summed E-state index contributed by atoms with van der Waals surface area (Å²) in [6, 6.07) is 38.4. The molecule has 0 aliphatic heterocycles. The SMILES string of the molecule is O=P(Cc1cccc(-c2ccccc2)c1)(c1ccccc1)c1ccccc1. The van der Waals surface area contributed by atoms with Crippen LogP contribution in [0.4, 0.5) is 0 Å². The van der Waals surface area contributed by atoms with Gasteiger partial charge in [0.05, 0.1) is 0 Å². The maximum atomic E-state index is 14.2. The molecule has 2 heteroatoms. The van der Waals surface area contributed by atoms with Crippen molar-refractivity contribution in [3.05, 3.63) is 121 Å².